The Bertz CT molecular complexity index is 142. The van der Waals surface area contributed by atoms with E-state index in [0.29, 0.717) is 4.75 Å². The average Bonchev–Trinajstić information content (AvgIpc) is 2.34. The van der Waals surface area contributed by atoms with Crippen molar-refractivity contribution in [1.29, 1.82) is 0 Å². The minimum Gasteiger partial charge on any atom is -0.369 e. The third-order valence-corrected chi connectivity index (χ3v) is 3.92. The molecular weight excluding hydrogens is 160 g/mol. The van der Waals surface area contributed by atoms with E-state index in [4.69, 9.17) is 0 Å². The average molecular weight is 174 g/mol. The normalized spacial score (nSPS) is 36.3. The zero-order chi connectivity index (χ0) is 7.73. The summed E-state index contributed by atoms with van der Waals surface area (Å²) in [5, 5.41) is 15.7. The predicted molar refractivity (Wildman–Crippen MR) is 46.4 cm³/mol. The number of thioether (sulfide) groups is 1. The number of rotatable bonds is 0. The molecule has 0 aromatic heterocycles. The maximum atomic E-state index is 9.28. The Kier molecular flexibility index (Phi) is 2.10. The van der Waals surface area contributed by atoms with Crippen molar-refractivity contribution in [3.8, 4) is 0 Å². The molecule has 2 saturated heterocycles. The van der Waals surface area contributed by atoms with E-state index >= 15 is 0 Å². The van der Waals surface area contributed by atoms with Crippen LogP contribution in [-0.4, -0.2) is 35.0 Å². The summed E-state index contributed by atoms with van der Waals surface area (Å²) >= 11 is 1.69. The van der Waals surface area contributed by atoms with Crippen molar-refractivity contribution in [1.82, 2.24) is 10.6 Å². The smallest absolute Gasteiger partial charge is 0.153 e. The van der Waals surface area contributed by atoms with Gasteiger partial charge in [0.15, 0.2) is 5.56 Å². The molecule has 0 radical (unpaired) electrons. The summed E-state index contributed by atoms with van der Waals surface area (Å²) in [5.41, 5.74) is -0.326. The fraction of sp³-hybridized carbons (Fsp3) is 1.00. The van der Waals surface area contributed by atoms with Gasteiger partial charge in [0.1, 0.15) is 0 Å². The van der Waals surface area contributed by atoms with E-state index in [0.717, 1.165) is 19.6 Å². The number of nitrogens with one attached hydrogen (secondary N) is 2. The molecule has 0 aliphatic carbocycles. The molecule has 2 fully saturated rings. The van der Waals surface area contributed by atoms with Gasteiger partial charge in [-0.15, -0.1) is 11.8 Å². The molecule has 2 aliphatic rings. The number of piperidine rings is 1. The molecule has 3 N–H and O–H groups in total. The van der Waals surface area contributed by atoms with Crippen molar-refractivity contribution in [2.45, 2.75) is 23.1 Å². The van der Waals surface area contributed by atoms with Gasteiger partial charge in [-0.25, -0.2) is 0 Å². The van der Waals surface area contributed by atoms with Crippen molar-refractivity contribution in [3.05, 3.63) is 0 Å². The minimum atomic E-state index is -0.326. The first-order chi connectivity index (χ1) is 5.31. The van der Waals surface area contributed by atoms with Gasteiger partial charge >= 0.3 is 0 Å². The van der Waals surface area contributed by atoms with E-state index in [2.05, 4.69) is 10.6 Å². The SMILES string of the molecule is OC1NCC2(CCNCC2)S1. The lowest BCUT2D eigenvalue weighted by molar-refractivity contribution is 0.233. The molecule has 2 aliphatic heterocycles. The van der Waals surface area contributed by atoms with Crippen LogP contribution in [0.2, 0.25) is 0 Å². The lowest BCUT2D eigenvalue weighted by Crippen LogP contribution is -2.41. The molecule has 0 aromatic rings. The maximum Gasteiger partial charge on any atom is 0.153 e. The molecule has 0 bridgehead atoms. The first-order valence-corrected chi connectivity index (χ1v) is 4.99. The lowest BCUT2D eigenvalue weighted by atomic mass is 9.97. The highest BCUT2D eigenvalue weighted by Crippen LogP contribution is 2.39. The summed E-state index contributed by atoms with van der Waals surface area (Å²) in [6.07, 6.45) is 2.36. The number of aliphatic hydroxyl groups excluding tert-OH is 1. The summed E-state index contributed by atoms with van der Waals surface area (Å²) in [4.78, 5) is 0. The van der Waals surface area contributed by atoms with E-state index in [1.165, 1.54) is 12.8 Å². The van der Waals surface area contributed by atoms with Crippen molar-refractivity contribution in [2.75, 3.05) is 19.6 Å². The van der Waals surface area contributed by atoms with Gasteiger partial charge in [0, 0.05) is 11.3 Å². The zero-order valence-corrected chi connectivity index (χ0v) is 7.28. The summed E-state index contributed by atoms with van der Waals surface area (Å²) in [6.45, 7) is 3.17. The Balaban J connectivity index is 1.98. The highest BCUT2D eigenvalue weighted by molar-refractivity contribution is 8.01. The summed E-state index contributed by atoms with van der Waals surface area (Å²) in [7, 11) is 0. The standard InChI is InChI=1S/C7H14N2OS/c10-6-9-5-7(11-6)1-3-8-4-2-7/h6,8-10H,1-5H2. The van der Waals surface area contributed by atoms with Crippen LogP contribution < -0.4 is 10.6 Å². The fourth-order valence-corrected chi connectivity index (χ4v) is 3.02. The predicted octanol–water partition coefficient (Wildman–Crippen LogP) is -0.279. The Labute approximate surface area is 70.9 Å². The van der Waals surface area contributed by atoms with Gasteiger partial charge in [0.25, 0.3) is 0 Å². The third-order valence-electron chi connectivity index (χ3n) is 2.48. The van der Waals surface area contributed by atoms with Crippen LogP contribution in [0.15, 0.2) is 0 Å². The second kappa shape index (κ2) is 2.94. The molecular formula is C7H14N2OS. The molecule has 2 heterocycles. The topological polar surface area (TPSA) is 44.3 Å². The van der Waals surface area contributed by atoms with Crippen LogP contribution in [-0.2, 0) is 0 Å². The number of aliphatic hydroxyl groups is 1. The Hall–Kier alpha value is 0.230. The van der Waals surface area contributed by atoms with Crippen LogP contribution in [0.1, 0.15) is 12.8 Å². The molecule has 1 unspecified atom stereocenters. The Morgan fingerprint density at radius 1 is 1.36 bits per heavy atom. The van der Waals surface area contributed by atoms with E-state index in [1.54, 1.807) is 11.8 Å². The van der Waals surface area contributed by atoms with Crippen molar-refractivity contribution in [2.24, 2.45) is 0 Å². The first kappa shape index (κ1) is 7.86. The molecule has 11 heavy (non-hydrogen) atoms. The van der Waals surface area contributed by atoms with Gasteiger partial charge < -0.3 is 10.4 Å². The van der Waals surface area contributed by atoms with Crippen LogP contribution in [0.3, 0.4) is 0 Å². The van der Waals surface area contributed by atoms with Crippen LogP contribution in [0.5, 0.6) is 0 Å². The van der Waals surface area contributed by atoms with Crippen molar-refractivity contribution in [3.63, 3.8) is 0 Å². The van der Waals surface area contributed by atoms with Gasteiger partial charge in [-0.1, -0.05) is 0 Å². The van der Waals surface area contributed by atoms with Gasteiger partial charge in [-0.2, -0.15) is 0 Å². The van der Waals surface area contributed by atoms with Gasteiger partial charge in [-0.05, 0) is 25.9 Å². The Morgan fingerprint density at radius 3 is 2.64 bits per heavy atom. The number of hydrogen-bond donors (Lipinski definition) is 3. The molecule has 0 amide bonds. The monoisotopic (exact) mass is 174 g/mol. The molecule has 0 aromatic carbocycles. The second-order valence-electron chi connectivity index (χ2n) is 3.28. The molecule has 1 spiro atoms. The van der Waals surface area contributed by atoms with Crippen LogP contribution in [0.4, 0.5) is 0 Å². The highest BCUT2D eigenvalue weighted by atomic mass is 32.2. The molecule has 64 valence electrons. The molecule has 3 nitrogen and oxygen atoms in total. The zero-order valence-electron chi connectivity index (χ0n) is 6.47. The summed E-state index contributed by atoms with van der Waals surface area (Å²) in [6, 6.07) is 0. The van der Waals surface area contributed by atoms with Gasteiger partial charge in [0.2, 0.25) is 0 Å². The second-order valence-corrected chi connectivity index (χ2v) is 4.83. The molecule has 2 rings (SSSR count). The lowest BCUT2D eigenvalue weighted by Gasteiger charge is -2.31. The third kappa shape index (κ3) is 1.54. The first-order valence-electron chi connectivity index (χ1n) is 4.11. The molecule has 0 saturated carbocycles. The van der Waals surface area contributed by atoms with Crippen LogP contribution >= 0.6 is 11.8 Å². The van der Waals surface area contributed by atoms with Crippen molar-refractivity contribution >= 4 is 11.8 Å². The molecule has 1 atom stereocenters. The summed E-state index contributed by atoms with van der Waals surface area (Å²) in [5.74, 6) is 0. The minimum absolute atomic E-state index is 0.326. The van der Waals surface area contributed by atoms with Crippen LogP contribution in [0.25, 0.3) is 0 Å². The van der Waals surface area contributed by atoms with Crippen molar-refractivity contribution < 1.29 is 5.11 Å². The maximum absolute atomic E-state index is 9.28. The fourth-order valence-electron chi connectivity index (χ4n) is 1.77. The Morgan fingerprint density at radius 2 is 2.09 bits per heavy atom. The van der Waals surface area contributed by atoms with Gasteiger partial charge in [0.05, 0.1) is 0 Å². The number of hydrogen-bond acceptors (Lipinski definition) is 4. The largest absolute Gasteiger partial charge is 0.369 e. The van der Waals surface area contributed by atoms with E-state index < -0.39 is 0 Å². The van der Waals surface area contributed by atoms with E-state index in [9.17, 15) is 5.11 Å². The summed E-state index contributed by atoms with van der Waals surface area (Å²) < 4.78 is 0.338. The van der Waals surface area contributed by atoms with Gasteiger partial charge in [-0.3, -0.25) is 5.32 Å². The molecule has 4 heteroatoms. The van der Waals surface area contributed by atoms with E-state index in [-0.39, 0.29) is 5.56 Å². The van der Waals surface area contributed by atoms with Crippen LogP contribution in [0, 0.1) is 0 Å². The highest BCUT2D eigenvalue weighted by Gasteiger charge is 2.39. The quantitative estimate of drug-likeness (QED) is 0.473. The van der Waals surface area contributed by atoms with E-state index in [1.807, 2.05) is 0 Å².